The Morgan fingerprint density at radius 1 is 0.879 bits per heavy atom. The van der Waals surface area contributed by atoms with Gasteiger partial charge in [0.15, 0.2) is 0 Å². The first-order valence-electron chi connectivity index (χ1n) is 14.2. The Hall–Kier alpha value is -1.32. The number of hydrogen-bond donors (Lipinski definition) is 1. The number of rotatable bonds is 9. The third kappa shape index (κ3) is 25.1. The summed E-state index contributed by atoms with van der Waals surface area (Å²) in [7, 11) is 0. The largest absolute Gasteiger partial charge is 0.352 e. The van der Waals surface area contributed by atoms with Gasteiger partial charge in [-0.1, -0.05) is 95.1 Å². The fourth-order valence-electron chi connectivity index (χ4n) is 2.92. The van der Waals surface area contributed by atoms with Crippen LogP contribution in [-0.2, 0) is 9.59 Å². The molecule has 2 rings (SSSR count). The molecule has 0 unspecified atom stereocenters. The molecule has 0 radical (unpaired) electrons. The van der Waals surface area contributed by atoms with Gasteiger partial charge in [0.2, 0.25) is 11.8 Å². The summed E-state index contributed by atoms with van der Waals surface area (Å²) in [5, 5.41) is 3.03. The van der Waals surface area contributed by atoms with E-state index in [0.29, 0.717) is 12.5 Å². The first kappa shape index (κ1) is 38.9. The van der Waals surface area contributed by atoms with Crippen molar-refractivity contribution in [1.29, 1.82) is 0 Å². The predicted octanol–water partition coefficient (Wildman–Crippen LogP) is 8.55. The maximum atomic E-state index is 12.3. The second kappa shape index (κ2) is 30.7. The van der Waals surface area contributed by atoms with Crippen molar-refractivity contribution in [2.75, 3.05) is 6.54 Å². The minimum Gasteiger partial charge on any atom is -0.352 e. The normalized spacial score (nSPS) is 15.4. The minimum absolute atomic E-state index is 0.0642. The molecule has 2 amide bonds. The summed E-state index contributed by atoms with van der Waals surface area (Å²) in [5.41, 5.74) is 0. The second-order valence-corrected chi connectivity index (χ2v) is 8.00. The fraction of sp³-hybridized carbons (Fsp3) is 0.862. The van der Waals surface area contributed by atoms with Crippen molar-refractivity contribution in [1.82, 2.24) is 10.2 Å². The summed E-state index contributed by atoms with van der Waals surface area (Å²) >= 11 is 0. The van der Waals surface area contributed by atoms with E-state index >= 15 is 0 Å². The Morgan fingerprint density at radius 3 is 1.82 bits per heavy atom. The van der Waals surface area contributed by atoms with Gasteiger partial charge < -0.3 is 10.2 Å². The predicted molar refractivity (Wildman–Crippen MR) is 150 cm³/mol. The highest BCUT2D eigenvalue weighted by atomic mass is 16.2. The molecule has 0 aromatic carbocycles. The summed E-state index contributed by atoms with van der Waals surface area (Å²) in [6.45, 7) is 27.0. The van der Waals surface area contributed by atoms with E-state index in [9.17, 15) is 9.59 Å². The van der Waals surface area contributed by atoms with Gasteiger partial charge in [0.25, 0.3) is 0 Å². The Morgan fingerprint density at radius 2 is 1.36 bits per heavy atom. The molecular formula is C29H62N2O2. The Kier molecular flexibility index (Phi) is 36.2. The highest BCUT2D eigenvalue weighted by Gasteiger charge is 2.35. The third-order valence-electron chi connectivity index (χ3n) is 4.35. The second-order valence-electron chi connectivity index (χ2n) is 8.00. The van der Waals surface area contributed by atoms with Crippen LogP contribution in [0.4, 0.5) is 0 Å². The molecule has 0 aromatic heterocycles. The molecular weight excluding hydrogens is 408 g/mol. The number of amides is 2. The van der Waals surface area contributed by atoms with Crippen LogP contribution in [-0.4, -0.2) is 35.3 Å². The van der Waals surface area contributed by atoms with Crippen molar-refractivity contribution in [2.45, 2.75) is 152 Å². The van der Waals surface area contributed by atoms with Crippen molar-refractivity contribution in [2.24, 2.45) is 5.92 Å². The van der Waals surface area contributed by atoms with Gasteiger partial charge >= 0.3 is 0 Å². The van der Waals surface area contributed by atoms with Crippen molar-refractivity contribution >= 4 is 11.8 Å². The number of carbonyl (C=O) groups is 2. The van der Waals surface area contributed by atoms with Crippen LogP contribution < -0.4 is 5.32 Å². The lowest BCUT2D eigenvalue weighted by molar-refractivity contribution is -0.138. The van der Waals surface area contributed by atoms with E-state index < -0.39 is 0 Å². The molecule has 200 valence electrons. The maximum Gasteiger partial charge on any atom is 0.243 e. The Balaban J connectivity index is -0.000000300. The zero-order valence-electron chi connectivity index (χ0n) is 24.6. The van der Waals surface area contributed by atoms with E-state index in [2.05, 4.69) is 32.7 Å². The van der Waals surface area contributed by atoms with Gasteiger partial charge in [-0.05, 0) is 50.9 Å². The minimum atomic E-state index is -0.209. The van der Waals surface area contributed by atoms with Gasteiger partial charge in [0.1, 0.15) is 6.04 Å². The molecule has 0 spiro atoms. The van der Waals surface area contributed by atoms with E-state index in [1.165, 1.54) is 0 Å². The molecule has 4 nitrogen and oxygen atoms in total. The molecule has 1 saturated carbocycles. The molecule has 1 N–H and O–H groups in total. The summed E-state index contributed by atoms with van der Waals surface area (Å²) < 4.78 is 0. The lowest BCUT2D eigenvalue weighted by atomic mass is 10.1. The summed E-state index contributed by atoms with van der Waals surface area (Å²) in [6.07, 6.45) is 11.9. The van der Waals surface area contributed by atoms with Crippen LogP contribution in [0.5, 0.6) is 0 Å². The van der Waals surface area contributed by atoms with Crippen molar-refractivity contribution in [3.63, 3.8) is 0 Å². The monoisotopic (exact) mass is 470 g/mol. The molecule has 1 heterocycles. The Labute approximate surface area is 209 Å². The van der Waals surface area contributed by atoms with Gasteiger partial charge in [-0.2, -0.15) is 0 Å². The molecule has 2 aliphatic rings. The van der Waals surface area contributed by atoms with E-state index in [1.807, 2.05) is 61.5 Å². The van der Waals surface area contributed by atoms with Crippen molar-refractivity contribution in [3.8, 4) is 0 Å². The van der Waals surface area contributed by atoms with E-state index in [1.54, 1.807) is 4.90 Å². The smallest absolute Gasteiger partial charge is 0.243 e. The van der Waals surface area contributed by atoms with E-state index in [-0.39, 0.29) is 17.9 Å². The number of unbranched alkanes of at least 4 members (excludes halogenated alkanes) is 4. The molecule has 0 aromatic rings. The number of hydrogen-bond acceptors (Lipinski definition) is 2. The summed E-state index contributed by atoms with van der Waals surface area (Å²) in [6, 6.07) is 0.166. The lowest BCUT2D eigenvalue weighted by Gasteiger charge is -2.24. The standard InChI is InChI=1S/C17H28N2O2.C4H10.4C2H6/c1-2-3-4-5-6-7-10-16(20)19-13-8-9-15(19)17(21)18-14-11-12-14;1-4(2)3;4*1-2/h2,14-15H,1,3-13H2,(H,18,21);4H,1-3H3;4*1-2H3/t15-;;;;;/m0...../s1. The third-order valence-corrected chi connectivity index (χ3v) is 4.35. The Bertz CT molecular complexity index is 415. The zero-order valence-corrected chi connectivity index (χ0v) is 24.6. The number of carbonyl (C=O) groups excluding carboxylic acids is 2. The average Bonchev–Trinajstić information content (AvgIpc) is 3.51. The quantitative estimate of drug-likeness (QED) is 0.271. The van der Waals surface area contributed by atoms with E-state index in [0.717, 1.165) is 70.3 Å². The van der Waals surface area contributed by atoms with Gasteiger partial charge in [-0.15, -0.1) is 6.58 Å². The zero-order chi connectivity index (χ0) is 26.7. The van der Waals surface area contributed by atoms with Gasteiger partial charge in [0, 0.05) is 19.0 Å². The van der Waals surface area contributed by atoms with Gasteiger partial charge in [-0.25, -0.2) is 0 Å². The van der Waals surface area contributed by atoms with Crippen LogP contribution >= 0.6 is 0 Å². The number of nitrogens with one attached hydrogen (secondary N) is 1. The highest BCUT2D eigenvalue weighted by Crippen LogP contribution is 2.23. The number of allylic oxidation sites excluding steroid dienone is 1. The highest BCUT2D eigenvalue weighted by molar-refractivity contribution is 5.88. The first-order valence-corrected chi connectivity index (χ1v) is 14.2. The molecule has 2 fully saturated rings. The van der Waals surface area contributed by atoms with Crippen LogP contribution in [0.2, 0.25) is 0 Å². The van der Waals surface area contributed by atoms with Crippen LogP contribution in [0, 0.1) is 5.92 Å². The SMILES string of the molecule is C=CCCCCCCC(=O)N1CCC[C@H]1C(=O)NC1CC1.CC.CC.CC.CC.CC(C)C. The fourth-order valence-corrected chi connectivity index (χ4v) is 2.92. The maximum absolute atomic E-state index is 12.3. The molecule has 33 heavy (non-hydrogen) atoms. The number of nitrogens with zero attached hydrogens (tertiary/aromatic N) is 1. The van der Waals surface area contributed by atoms with Gasteiger partial charge in [0.05, 0.1) is 0 Å². The average molecular weight is 471 g/mol. The molecule has 4 heteroatoms. The molecule has 1 atom stereocenters. The topological polar surface area (TPSA) is 49.4 Å². The van der Waals surface area contributed by atoms with Crippen LogP contribution in [0.25, 0.3) is 0 Å². The summed E-state index contributed by atoms with van der Waals surface area (Å²) in [4.78, 5) is 26.2. The molecule has 1 aliphatic carbocycles. The van der Waals surface area contributed by atoms with Gasteiger partial charge in [-0.3, -0.25) is 9.59 Å². The molecule has 0 bridgehead atoms. The number of likely N-dealkylation sites (tertiary alicyclic amines) is 1. The summed E-state index contributed by atoms with van der Waals surface area (Å²) in [5.74, 6) is 1.06. The van der Waals surface area contributed by atoms with Crippen LogP contribution in [0.1, 0.15) is 140 Å². The lowest BCUT2D eigenvalue weighted by Crippen LogP contribution is -2.46. The molecule has 1 aliphatic heterocycles. The van der Waals surface area contributed by atoms with Crippen LogP contribution in [0.15, 0.2) is 12.7 Å². The van der Waals surface area contributed by atoms with E-state index in [4.69, 9.17) is 0 Å². The van der Waals surface area contributed by atoms with Crippen molar-refractivity contribution in [3.05, 3.63) is 12.7 Å². The first-order chi connectivity index (χ1) is 16.0. The van der Waals surface area contributed by atoms with Crippen LogP contribution in [0.3, 0.4) is 0 Å². The molecule has 1 saturated heterocycles. The van der Waals surface area contributed by atoms with Crippen molar-refractivity contribution < 1.29 is 9.59 Å².